The van der Waals surface area contributed by atoms with E-state index < -0.39 is 0 Å². The summed E-state index contributed by atoms with van der Waals surface area (Å²) in [6.07, 6.45) is 11.8. The Labute approximate surface area is 218 Å². The molecule has 194 valence electrons. The van der Waals surface area contributed by atoms with Gasteiger partial charge < -0.3 is 20.9 Å². The number of nitrogens with zero attached hydrogens (tertiary/aromatic N) is 5. The number of rotatable bonds is 7. The fourth-order valence-electron chi connectivity index (χ4n) is 4.45. The van der Waals surface area contributed by atoms with Crippen molar-refractivity contribution in [2.75, 3.05) is 10.6 Å². The second kappa shape index (κ2) is 12.3. The molecule has 3 heterocycles. The molecule has 3 aromatic heterocycles. The fraction of sp³-hybridized carbons (Fsp3) is 0.393. The number of fused-ring (bicyclic) bond motifs is 1. The van der Waals surface area contributed by atoms with Crippen LogP contribution >= 0.6 is 0 Å². The van der Waals surface area contributed by atoms with E-state index in [0.29, 0.717) is 18.5 Å². The number of pyridine rings is 1. The molecule has 0 spiro atoms. The van der Waals surface area contributed by atoms with Gasteiger partial charge in [-0.1, -0.05) is 49.6 Å². The summed E-state index contributed by atoms with van der Waals surface area (Å²) < 4.78 is 2.11. The van der Waals surface area contributed by atoms with Gasteiger partial charge in [0.05, 0.1) is 6.33 Å². The SMILES string of the molecule is CC(C)n1cnc2c(NCc3ccc(-c4cccnc4)cc3)nc(NC3CCCCC3)nc21.CC(N)=O. The molecule has 5 rings (SSSR count). The Morgan fingerprint density at radius 3 is 2.46 bits per heavy atom. The van der Waals surface area contributed by atoms with Gasteiger partial charge in [0.1, 0.15) is 0 Å². The highest BCUT2D eigenvalue weighted by Crippen LogP contribution is 2.26. The van der Waals surface area contributed by atoms with Crippen LogP contribution in [0.2, 0.25) is 0 Å². The number of nitrogens with one attached hydrogen (secondary N) is 2. The Morgan fingerprint density at radius 2 is 1.81 bits per heavy atom. The first-order valence-corrected chi connectivity index (χ1v) is 12.9. The van der Waals surface area contributed by atoms with Gasteiger partial charge >= 0.3 is 0 Å². The van der Waals surface area contributed by atoms with E-state index in [-0.39, 0.29) is 11.9 Å². The van der Waals surface area contributed by atoms with E-state index in [2.05, 4.69) is 75.1 Å². The number of carbonyl (C=O) groups excluding carboxylic acids is 1. The van der Waals surface area contributed by atoms with Crippen molar-refractivity contribution in [3.63, 3.8) is 0 Å². The van der Waals surface area contributed by atoms with Crippen molar-refractivity contribution in [2.24, 2.45) is 5.73 Å². The van der Waals surface area contributed by atoms with Crippen LogP contribution in [0.1, 0.15) is 64.5 Å². The molecule has 1 aliphatic carbocycles. The second-order valence-electron chi connectivity index (χ2n) is 9.70. The zero-order chi connectivity index (χ0) is 26.2. The van der Waals surface area contributed by atoms with Gasteiger partial charge in [-0.25, -0.2) is 4.98 Å². The zero-order valence-corrected chi connectivity index (χ0v) is 21.8. The third kappa shape index (κ3) is 7.03. The van der Waals surface area contributed by atoms with Crippen LogP contribution in [-0.4, -0.2) is 36.5 Å². The number of benzene rings is 1. The lowest BCUT2D eigenvalue weighted by atomic mass is 9.96. The van der Waals surface area contributed by atoms with Gasteiger partial charge in [-0.05, 0) is 49.4 Å². The Hall–Kier alpha value is -4.01. The molecule has 0 saturated heterocycles. The maximum Gasteiger partial charge on any atom is 0.227 e. The number of hydrogen-bond acceptors (Lipinski definition) is 7. The molecule has 1 aliphatic rings. The molecule has 37 heavy (non-hydrogen) atoms. The van der Waals surface area contributed by atoms with E-state index in [9.17, 15) is 4.79 Å². The van der Waals surface area contributed by atoms with Crippen molar-refractivity contribution >= 4 is 28.8 Å². The zero-order valence-electron chi connectivity index (χ0n) is 21.8. The van der Waals surface area contributed by atoms with Crippen molar-refractivity contribution in [3.05, 3.63) is 60.7 Å². The second-order valence-corrected chi connectivity index (χ2v) is 9.70. The van der Waals surface area contributed by atoms with Crippen molar-refractivity contribution in [2.45, 2.75) is 71.5 Å². The minimum absolute atomic E-state index is 0.278. The number of anilines is 2. The third-order valence-corrected chi connectivity index (χ3v) is 6.32. The highest BCUT2D eigenvalue weighted by atomic mass is 16.1. The summed E-state index contributed by atoms with van der Waals surface area (Å²) >= 11 is 0. The average Bonchev–Trinajstić information content (AvgIpc) is 3.33. The normalized spacial score (nSPS) is 13.7. The van der Waals surface area contributed by atoms with Gasteiger partial charge in [0.2, 0.25) is 11.9 Å². The Kier molecular flexibility index (Phi) is 8.66. The molecule has 0 unspecified atom stereocenters. The smallest absolute Gasteiger partial charge is 0.227 e. The van der Waals surface area contributed by atoms with Crippen molar-refractivity contribution < 1.29 is 4.79 Å². The molecule has 0 bridgehead atoms. The molecule has 9 nitrogen and oxygen atoms in total. The summed E-state index contributed by atoms with van der Waals surface area (Å²) in [7, 11) is 0. The summed E-state index contributed by atoms with van der Waals surface area (Å²) in [5, 5.41) is 7.10. The molecule has 0 atom stereocenters. The number of carbonyl (C=O) groups is 1. The molecule has 1 amide bonds. The lowest BCUT2D eigenvalue weighted by molar-refractivity contribution is -0.115. The lowest BCUT2D eigenvalue weighted by Gasteiger charge is -2.23. The highest BCUT2D eigenvalue weighted by molar-refractivity contribution is 5.84. The third-order valence-electron chi connectivity index (χ3n) is 6.32. The molecular weight excluding hydrogens is 464 g/mol. The van der Waals surface area contributed by atoms with Gasteiger partial charge in [-0.3, -0.25) is 9.78 Å². The van der Waals surface area contributed by atoms with E-state index in [0.717, 1.165) is 28.1 Å². The summed E-state index contributed by atoms with van der Waals surface area (Å²) in [6, 6.07) is 13.3. The number of hydrogen-bond donors (Lipinski definition) is 3. The fourth-order valence-corrected chi connectivity index (χ4v) is 4.45. The maximum atomic E-state index is 9.22. The predicted octanol–water partition coefficient (Wildman–Crippen LogP) is 5.32. The molecule has 1 fully saturated rings. The minimum atomic E-state index is -0.333. The number of nitrogens with two attached hydrogens (primary N) is 1. The summed E-state index contributed by atoms with van der Waals surface area (Å²) in [5.41, 5.74) is 9.61. The molecule has 9 heteroatoms. The highest BCUT2D eigenvalue weighted by Gasteiger charge is 2.18. The first kappa shape index (κ1) is 26.1. The van der Waals surface area contributed by atoms with E-state index >= 15 is 0 Å². The van der Waals surface area contributed by atoms with Gasteiger partial charge in [0.15, 0.2) is 17.0 Å². The quantitative estimate of drug-likeness (QED) is 0.314. The van der Waals surface area contributed by atoms with Gasteiger partial charge in [-0.15, -0.1) is 0 Å². The monoisotopic (exact) mass is 500 g/mol. The van der Waals surface area contributed by atoms with Crippen LogP contribution in [0.25, 0.3) is 22.3 Å². The van der Waals surface area contributed by atoms with E-state index in [1.165, 1.54) is 44.6 Å². The predicted molar refractivity (Wildman–Crippen MR) is 148 cm³/mol. The minimum Gasteiger partial charge on any atom is -0.370 e. The Morgan fingerprint density at radius 1 is 1.08 bits per heavy atom. The largest absolute Gasteiger partial charge is 0.370 e. The first-order valence-electron chi connectivity index (χ1n) is 12.9. The molecular formula is C28H36N8O. The van der Waals surface area contributed by atoms with Crippen LogP contribution in [0.3, 0.4) is 0 Å². The molecule has 4 aromatic rings. The van der Waals surface area contributed by atoms with Crippen LogP contribution in [-0.2, 0) is 11.3 Å². The van der Waals surface area contributed by atoms with Crippen LogP contribution in [0.4, 0.5) is 11.8 Å². The maximum absolute atomic E-state index is 9.22. The number of aromatic nitrogens is 5. The van der Waals surface area contributed by atoms with Crippen molar-refractivity contribution in [1.29, 1.82) is 0 Å². The molecule has 1 saturated carbocycles. The van der Waals surface area contributed by atoms with Gasteiger partial charge in [-0.2, -0.15) is 9.97 Å². The van der Waals surface area contributed by atoms with Crippen LogP contribution < -0.4 is 16.4 Å². The van der Waals surface area contributed by atoms with Crippen molar-refractivity contribution in [3.8, 4) is 11.1 Å². The van der Waals surface area contributed by atoms with E-state index in [4.69, 9.17) is 9.97 Å². The van der Waals surface area contributed by atoms with Gasteiger partial charge in [0, 0.05) is 37.9 Å². The van der Waals surface area contributed by atoms with Crippen molar-refractivity contribution in [1.82, 2.24) is 24.5 Å². The van der Waals surface area contributed by atoms with Crippen LogP contribution in [0.15, 0.2) is 55.1 Å². The topological polar surface area (TPSA) is 124 Å². The average molecular weight is 501 g/mol. The number of imidazole rings is 1. The lowest BCUT2D eigenvalue weighted by Crippen LogP contribution is -2.24. The molecule has 0 aliphatic heterocycles. The van der Waals surface area contributed by atoms with E-state index in [1.807, 2.05) is 18.6 Å². The van der Waals surface area contributed by atoms with Crippen LogP contribution in [0, 0.1) is 0 Å². The Balaban J connectivity index is 0.000000747. The molecule has 1 aromatic carbocycles. The van der Waals surface area contributed by atoms with Gasteiger partial charge in [0.25, 0.3) is 0 Å². The summed E-state index contributed by atoms with van der Waals surface area (Å²) in [4.78, 5) is 27.7. The number of amides is 1. The van der Waals surface area contributed by atoms with E-state index in [1.54, 1.807) is 6.20 Å². The molecule has 0 radical (unpaired) electrons. The standard InChI is InChI=1S/C26H31N7.C2H5NO/c1-18(2)33-17-29-23-24(31-26(32-25(23)33)30-22-8-4-3-5-9-22)28-15-19-10-12-20(13-11-19)21-7-6-14-27-16-21;1-2(3)4/h6-7,10-14,16-18,22H,3-5,8-9,15H2,1-2H3,(H2,28,30,31,32);1H3,(H2,3,4). The number of primary amides is 1. The Bertz CT molecular complexity index is 1290. The van der Waals surface area contributed by atoms with Crippen LogP contribution in [0.5, 0.6) is 0 Å². The first-order chi connectivity index (χ1) is 17.9. The molecule has 4 N–H and O–H groups in total. The summed E-state index contributed by atoms with van der Waals surface area (Å²) in [5.74, 6) is 1.13. The summed E-state index contributed by atoms with van der Waals surface area (Å²) in [6.45, 7) is 6.26.